The number of hydrogen-bond acceptors (Lipinski definition) is 6. The first kappa shape index (κ1) is 22.0. The molecule has 3 rings (SSSR count). The average molecular weight is 418 g/mol. The zero-order chi connectivity index (χ0) is 21.3. The molecule has 1 aliphatic rings. The number of aromatic nitrogens is 4. The van der Waals surface area contributed by atoms with Crippen molar-refractivity contribution in [3.63, 3.8) is 0 Å². The summed E-state index contributed by atoms with van der Waals surface area (Å²) in [6, 6.07) is 0. The number of hydrogen-bond donors (Lipinski definition) is 2. The SMILES string of the molecule is CCc1nc(C(=O)OCCCc2nn(CC)c3c2CCCOCCCNC3=O)c[nH]1. The van der Waals surface area contributed by atoms with Crippen LogP contribution in [-0.2, 0) is 35.3 Å². The van der Waals surface area contributed by atoms with Crippen LogP contribution in [0.3, 0.4) is 0 Å². The van der Waals surface area contributed by atoms with Crippen LogP contribution in [0.4, 0.5) is 0 Å². The number of aromatic amines is 1. The smallest absolute Gasteiger partial charge is 0.358 e. The van der Waals surface area contributed by atoms with Gasteiger partial charge in [-0.15, -0.1) is 0 Å². The Balaban J connectivity index is 1.63. The summed E-state index contributed by atoms with van der Waals surface area (Å²) >= 11 is 0. The van der Waals surface area contributed by atoms with Gasteiger partial charge >= 0.3 is 5.97 Å². The number of fused-ring (bicyclic) bond motifs is 1. The molecule has 0 bridgehead atoms. The number of esters is 1. The number of amides is 1. The highest BCUT2D eigenvalue weighted by Crippen LogP contribution is 2.19. The second-order valence-electron chi connectivity index (χ2n) is 7.24. The fourth-order valence-electron chi connectivity index (χ4n) is 3.53. The lowest BCUT2D eigenvalue weighted by molar-refractivity contribution is 0.0493. The molecule has 2 N–H and O–H groups in total. The summed E-state index contributed by atoms with van der Waals surface area (Å²) in [7, 11) is 0. The van der Waals surface area contributed by atoms with Crippen LogP contribution in [0.1, 0.15) is 71.2 Å². The fourth-order valence-corrected chi connectivity index (χ4v) is 3.53. The summed E-state index contributed by atoms with van der Waals surface area (Å²) in [5, 5.41) is 7.65. The Morgan fingerprint density at radius 1 is 1.30 bits per heavy atom. The molecule has 0 radical (unpaired) electrons. The van der Waals surface area contributed by atoms with Crippen LogP contribution in [-0.4, -0.2) is 58.0 Å². The molecule has 0 saturated carbocycles. The maximum absolute atomic E-state index is 12.7. The van der Waals surface area contributed by atoms with E-state index in [1.54, 1.807) is 10.9 Å². The number of nitrogens with zero attached hydrogens (tertiary/aromatic N) is 3. The second-order valence-corrected chi connectivity index (χ2v) is 7.24. The van der Waals surface area contributed by atoms with E-state index in [-0.39, 0.29) is 12.5 Å². The van der Waals surface area contributed by atoms with Gasteiger partial charge in [0.25, 0.3) is 5.91 Å². The molecule has 1 amide bonds. The zero-order valence-corrected chi connectivity index (χ0v) is 17.8. The Kier molecular flexibility index (Phi) is 8.01. The van der Waals surface area contributed by atoms with E-state index in [0.29, 0.717) is 50.5 Å². The van der Waals surface area contributed by atoms with Gasteiger partial charge in [0.15, 0.2) is 5.69 Å². The van der Waals surface area contributed by atoms with Gasteiger partial charge in [-0.1, -0.05) is 6.92 Å². The molecular weight excluding hydrogens is 386 g/mol. The van der Waals surface area contributed by atoms with Crippen molar-refractivity contribution in [1.29, 1.82) is 0 Å². The minimum atomic E-state index is -0.430. The van der Waals surface area contributed by atoms with Gasteiger partial charge in [0.1, 0.15) is 11.5 Å². The Morgan fingerprint density at radius 2 is 2.13 bits per heavy atom. The fraction of sp³-hybridized carbons (Fsp3) is 0.619. The maximum atomic E-state index is 12.7. The van der Waals surface area contributed by atoms with E-state index in [4.69, 9.17) is 9.47 Å². The molecule has 9 nitrogen and oxygen atoms in total. The van der Waals surface area contributed by atoms with E-state index in [0.717, 1.165) is 42.8 Å². The third-order valence-electron chi connectivity index (χ3n) is 5.08. The highest BCUT2D eigenvalue weighted by atomic mass is 16.5. The van der Waals surface area contributed by atoms with Crippen LogP contribution in [0.25, 0.3) is 0 Å². The Bertz CT molecular complexity index is 858. The molecule has 0 aromatic carbocycles. The minimum Gasteiger partial charge on any atom is -0.461 e. The number of imidazole rings is 1. The van der Waals surface area contributed by atoms with Crippen molar-refractivity contribution in [1.82, 2.24) is 25.1 Å². The standard InChI is InChI=1S/C21H31N5O4/c1-3-18-23-14-17(24-18)21(28)30-13-6-9-16-15-8-5-11-29-12-7-10-22-20(27)19(15)26(4-2)25-16/h14H,3-13H2,1-2H3,(H,22,27)(H,23,24). The number of H-pyrrole nitrogens is 1. The van der Waals surface area contributed by atoms with Crippen molar-refractivity contribution in [2.45, 2.75) is 58.9 Å². The lowest BCUT2D eigenvalue weighted by Gasteiger charge is -2.08. The van der Waals surface area contributed by atoms with Crippen molar-refractivity contribution in [2.24, 2.45) is 0 Å². The van der Waals surface area contributed by atoms with E-state index in [9.17, 15) is 9.59 Å². The van der Waals surface area contributed by atoms with Gasteiger partial charge in [-0.25, -0.2) is 9.78 Å². The van der Waals surface area contributed by atoms with Crippen molar-refractivity contribution in [3.05, 3.63) is 34.7 Å². The van der Waals surface area contributed by atoms with E-state index in [2.05, 4.69) is 20.4 Å². The lowest BCUT2D eigenvalue weighted by Crippen LogP contribution is -2.28. The number of rotatable bonds is 7. The first-order valence-corrected chi connectivity index (χ1v) is 10.8. The molecule has 0 fully saturated rings. The van der Waals surface area contributed by atoms with Crippen LogP contribution in [0.15, 0.2) is 6.20 Å². The summed E-state index contributed by atoms with van der Waals surface area (Å²) in [5.74, 6) is 0.250. The quantitative estimate of drug-likeness (QED) is 0.527. The van der Waals surface area contributed by atoms with Crippen molar-refractivity contribution in [3.8, 4) is 0 Å². The molecule has 164 valence electrons. The molecule has 0 saturated heterocycles. The van der Waals surface area contributed by atoms with E-state index in [1.807, 2.05) is 13.8 Å². The van der Waals surface area contributed by atoms with E-state index in [1.165, 1.54) is 0 Å². The maximum Gasteiger partial charge on any atom is 0.358 e. The molecule has 2 aromatic heterocycles. The van der Waals surface area contributed by atoms with Gasteiger partial charge in [0.2, 0.25) is 0 Å². The minimum absolute atomic E-state index is 0.0795. The first-order chi connectivity index (χ1) is 14.6. The molecule has 0 aliphatic carbocycles. The van der Waals surface area contributed by atoms with Gasteiger partial charge in [-0.05, 0) is 39.0 Å². The topological polar surface area (TPSA) is 111 Å². The van der Waals surface area contributed by atoms with Gasteiger partial charge < -0.3 is 19.8 Å². The summed E-state index contributed by atoms with van der Waals surface area (Å²) < 4.78 is 12.7. The summed E-state index contributed by atoms with van der Waals surface area (Å²) in [6.45, 7) is 6.76. The Morgan fingerprint density at radius 3 is 2.90 bits per heavy atom. The highest BCUT2D eigenvalue weighted by molar-refractivity contribution is 5.94. The van der Waals surface area contributed by atoms with E-state index >= 15 is 0 Å². The van der Waals surface area contributed by atoms with Crippen LogP contribution in [0.2, 0.25) is 0 Å². The average Bonchev–Trinajstić information content (AvgIpc) is 3.36. The molecular formula is C21H31N5O4. The molecule has 0 unspecified atom stereocenters. The normalized spacial score (nSPS) is 15.2. The molecule has 2 aromatic rings. The third-order valence-corrected chi connectivity index (χ3v) is 5.08. The highest BCUT2D eigenvalue weighted by Gasteiger charge is 2.23. The van der Waals surface area contributed by atoms with Crippen molar-refractivity contribution >= 4 is 11.9 Å². The summed E-state index contributed by atoms with van der Waals surface area (Å²) in [5.41, 5.74) is 2.82. The summed E-state index contributed by atoms with van der Waals surface area (Å²) in [4.78, 5) is 32.0. The van der Waals surface area contributed by atoms with Crippen molar-refractivity contribution in [2.75, 3.05) is 26.4 Å². The largest absolute Gasteiger partial charge is 0.461 e. The number of carbonyl (C=O) groups is 2. The predicted octanol–water partition coefficient (Wildman–Crippen LogP) is 2.06. The van der Waals surface area contributed by atoms with Crippen molar-refractivity contribution < 1.29 is 19.1 Å². The van der Waals surface area contributed by atoms with Crippen LogP contribution < -0.4 is 5.32 Å². The van der Waals surface area contributed by atoms with E-state index < -0.39 is 5.97 Å². The summed E-state index contributed by atoms with van der Waals surface area (Å²) in [6.07, 6.45) is 5.95. The molecule has 0 atom stereocenters. The number of carbonyl (C=O) groups excluding carboxylic acids is 2. The lowest BCUT2D eigenvalue weighted by atomic mass is 10.0. The molecule has 1 aliphatic heterocycles. The second kappa shape index (κ2) is 10.9. The van der Waals surface area contributed by atoms with Gasteiger partial charge in [-0.3, -0.25) is 9.48 Å². The van der Waals surface area contributed by atoms with Gasteiger partial charge in [-0.2, -0.15) is 5.10 Å². The van der Waals surface area contributed by atoms with Crippen LogP contribution in [0, 0.1) is 0 Å². The molecule has 9 heteroatoms. The Hall–Kier alpha value is -2.68. The first-order valence-electron chi connectivity index (χ1n) is 10.8. The molecule has 3 heterocycles. The molecule has 0 spiro atoms. The number of ether oxygens (including phenoxy) is 2. The number of aryl methyl sites for hydroxylation is 3. The predicted molar refractivity (Wildman–Crippen MR) is 111 cm³/mol. The molecule has 30 heavy (non-hydrogen) atoms. The third kappa shape index (κ3) is 5.47. The number of nitrogens with one attached hydrogen (secondary N) is 2. The monoisotopic (exact) mass is 417 g/mol. The van der Waals surface area contributed by atoms with Crippen LogP contribution >= 0.6 is 0 Å². The Labute approximate surface area is 176 Å². The van der Waals surface area contributed by atoms with Gasteiger partial charge in [0.05, 0.1) is 12.3 Å². The van der Waals surface area contributed by atoms with Gasteiger partial charge in [0, 0.05) is 44.5 Å². The zero-order valence-electron chi connectivity index (χ0n) is 17.8. The van der Waals surface area contributed by atoms with Crippen LogP contribution in [0.5, 0.6) is 0 Å².